The van der Waals surface area contributed by atoms with Crippen LogP contribution in [-0.2, 0) is 0 Å². The summed E-state index contributed by atoms with van der Waals surface area (Å²) >= 11 is 0. The Balaban J connectivity index is 2.88. The summed E-state index contributed by atoms with van der Waals surface area (Å²) in [7, 11) is 2.08. The molecule has 0 saturated heterocycles. The zero-order valence-corrected chi connectivity index (χ0v) is 12.0. The van der Waals surface area contributed by atoms with Crippen LogP contribution < -0.4 is 5.32 Å². The lowest BCUT2D eigenvalue weighted by molar-refractivity contribution is 0.375. The van der Waals surface area contributed by atoms with Crippen LogP contribution in [0.3, 0.4) is 0 Å². The maximum absolute atomic E-state index is 3.50. The molecule has 1 N–H and O–H groups in total. The average molecular weight is 233 g/mol. The molecular formula is C16H27N. The van der Waals surface area contributed by atoms with E-state index < -0.39 is 0 Å². The largest absolute Gasteiger partial charge is 0.313 e. The molecule has 0 saturated carbocycles. The van der Waals surface area contributed by atoms with Crippen molar-refractivity contribution in [3.8, 4) is 0 Å². The first kappa shape index (κ1) is 14.2. The minimum absolute atomic E-state index is 0.487. The molecule has 1 nitrogen and oxygen atoms in total. The minimum atomic E-state index is 0.487. The van der Waals surface area contributed by atoms with Crippen molar-refractivity contribution >= 4 is 0 Å². The van der Waals surface area contributed by atoms with Crippen molar-refractivity contribution in [3.05, 3.63) is 34.9 Å². The van der Waals surface area contributed by atoms with Crippen molar-refractivity contribution in [2.24, 2.45) is 5.92 Å². The number of hydrogen-bond acceptors (Lipinski definition) is 1. The Morgan fingerprint density at radius 1 is 1.24 bits per heavy atom. The van der Waals surface area contributed by atoms with Gasteiger partial charge in [0.2, 0.25) is 0 Å². The highest BCUT2D eigenvalue weighted by molar-refractivity contribution is 5.33. The van der Waals surface area contributed by atoms with E-state index in [1.807, 2.05) is 0 Å². The molecule has 0 aliphatic carbocycles. The number of unbranched alkanes of at least 4 members (excludes halogenated alkanes) is 1. The fraction of sp³-hybridized carbons (Fsp3) is 0.625. The SMILES string of the molecule is CCCCC(C)C(NC)c1cc(C)ccc1C. The van der Waals surface area contributed by atoms with Gasteiger partial charge in [-0.2, -0.15) is 0 Å². The second-order valence-corrected chi connectivity index (χ2v) is 5.25. The Bertz CT molecular complexity index is 343. The summed E-state index contributed by atoms with van der Waals surface area (Å²) in [5.41, 5.74) is 4.22. The van der Waals surface area contributed by atoms with E-state index in [9.17, 15) is 0 Å². The van der Waals surface area contributed by atoms with Gasteiger partial charge >= 0.3 is 0 Å². The van der Waals surface area contributed by atoms with Crippen LogP contribution in [0, 0.1) is 19.8 Å². The second kappa shape index (κ2) is 6.80. The van der Waals surface area contributed by atoms with Crippen molar-refractivity contribution in [2.45, 2.75) is 53.0 Å². The lowest BCUT2D eigenvalue weighted by Gasteiger charge is -2.26. The van der Waals surface area contributed by atoms with Gasteiger partial charge in [0.25, 0.3) is 0 Å². The zero-order valence-electron chi connectivity index (χ0n) is 12.0. The standard InChI is InChI=1S/C16H27N/c1-6-7-8-14(4)16(17-5)15-11-12(2)9-10-13(15)3/h9-11,14,16-17H,6-8H2,1-5H3. The molecule has 0 aromatic heterocycles. The minimum Gasteiger partial charge on any atom is -0.313 e. The number of hydrogen-bond donors (Lipinski definition) is 1. The van der Waals surface area contributed by atoms with E-state index in [1.165, 1.54) is 36.0 Å². The van der Waals surface area contributed by atoms with Crippen LogP contribution in [0.5, 0.6) is 0 Å². The van der Waals surface area contributed by atoms with Crippen molar-refractivity contribution in [2.75, 3.05) is 7.05 Å². The summed E-state index contributed by atoms with van der Waals surface area (Å²) in [4.78, 5) is 0. The molecule has 0 radical (unpaired) electrons. The van der Waals surface area contributed by atoms with Crippen LogP contribution in [-0.4, -0.2) is 7.05 Å². The van der Waals surface area contributed by atoms with Crippen LogP contribution in [0.25, 0.3) is 0 Å². The molecule has 1 aromatic rings. The van der Waals surface area contributed by atoms with Gasteiger partial charge in [-0.05, 0) is 44.4 Å². The lowest BCUT2D eigenvalue weighted by Crippen LogP contribution is -2.24. The van der Waals surface area contributed by atoms with E-state index in [2.05, 4.69) is 58.3 Å². The molecule has 0 aliphatic rings. The van der Waals surface area contributed by atoms with Crippen molar-refractivity contribution < 1.29 is 0 Å². The molecule has 96 valence electrons. The van der Waals surface area contributed by atoms with Crippen molar-refractivity contribution in [3.63, 3.8) is 0 Å². The zero-order chi connectivity index (χ0) is 12.8. The van der Waals surface area contributed by atoms with Gasteiger partial charge in [-0.3, -0.25) is 0 Å². The van der Waals surface area contributed by atoms with Crippen LogP contribution in [0.2, 0.25) is 0 Å². The number of nitrogens with one attached hydrogen (secondary N) is 1. The highest BCUT2D eigenvalue weighted by atomic mass is 14.9. The van der Waals surface area contributed by atoms with E-state index in [1.54, 1.807) is 0 Å². The monoisotopic (exact) mass is 233 g/mol. The smallest absolute Gasteiger partial charge is 0.0346 e. The molecule has 1 rings (SSSR count). The maximum Gasteiger partial charge on any atom is 0.0346 e. The van der Waals surface area contributed by atoms with Crippen molar-refractivity contribution in [1.29, 1.82) is 0 Å². The Kier molecular flexibility index (Phi) is 5.70. The normalized spacial score (nSPS) is 14.6. The van der Waals surface area contributed by atoms with E-state index >= 15 is 0 Å². The molecule has 0 aliphatic heterocycles. The third-order valence-corrected chi connectivity index (χ3v) is 3.66. The van der Waals surface area contributed by atoms with Gasteiger partial charge in [-0.15, -0.1) is 0 Å². The predicted molar refractivity (Wildman–Crippen MR) is 76.4 cm³/mol. The fourth-order valence-corrected chi connectivity index (χ4v) is 2.53. The first-order valence-corrected chi connectivity index (χ1v) is 6.84. The number of benzene rings is 1. The van der Waals surface area contributed by atoms with Gasteiger partial charge < -0.3 is 5.32 Å². The van der Waals surface area contributed by atoms with Gasteiger partial charge in [0.15, 0.2) is 0 Å². The van der Waals surface area contributed by atoms with Crippen LogP contribution in [0.15, 0.2) is 18.2 Å². The highest BCUT2D eigenvalue weighted by Crippen LogP contribution is 2.28. The molecular weight excluding hydrogens is 206 g/mol. The Morgan fingerprint density at radius 2 is 1.94 bits per heavy atom. The van der Waals surface area contributed by atoms with E-state index in [0.29, 0.717) is 12.0 Å². The summed E-state index contributed by atoms with van der Waals surface area (Å²) in [5, 5.41) is 3.50. The van der Waals surface area contributed by atoms with Crippen molar-refractivity contribution in [1.82, 2.24) is 5.32 Å². The van der Waals surface area contributed by atoms with E-state index in [4.69, 9.17) is 0 Å². The van der Waals surface area contributed by atoms with E-state index in [0.717, 1.165) is 0 Å². The Labute approximate surface area is 107 Å². The molecule has 0 bridgehead atoms. The topological polar surface area (TPSA) is 12.0 Å². The van der Waals surface area contributed by atoms with Crippen LogP contribution >= 0.6 is 0 Å². The average Bonchev–Trinajstić information content (AvgIpc) is 2.32. The third-order valence-electron chi connectivity index (χ3n) is 3.66. The summed E-state index contributed by atoms with van der Waals surface area (Å²) < 4.78 is 0. The van der Waals surface area contributed by atoms with Crippen LogP contribution in [0.1, 0.15) is 55.8 Å². The molecule has 2 atom stereocenters. The molecule has 0 heterocycles. The molecule has 17 heavy (non-hydrogen) atoms. The molecule has 1 aromatic carbocycles. The van der Waals surface area contributed by atoms with Gasteiger partial charge in [-0.25, -0.2) is 0 Å². The molecule has 0 spiro atoms. The molecule has 0 amide bonds. The van der Waals surface area contributed by atoms with Gasteiger partial charge in [-0.1, -0.05) is 50.5 Å². The van der Waals surface area contributed by atoms with Gasteiger partial charge in [0.05, 0.1) is 0 Å². The predicted octanol–water partition coefficient (Wildman–Crippen LogP) is 4.39. The van der Waals surface area contributed by atoms with Gasteiger partial charge in [0.1, 0.15) is 0 Å². The quantitative estimate of drug-likeness (QED) is 0.768. The third kappa shape index (κ3) is 3.85. The maximum atomic E-state index is 3.50. The summed E-state index contributed by atoms with van der Waals surface area (Å²) in [6.07, 6.45) is 3.91. The number of rotatable bonds is 6. The molecule has 2 unspecified atom stereocenters. The van der Waals surface area contributed by atoms with Gasteiger partial charge in [0, 0.05) is 6.04 Å². The lowest BCUT2D eigenvalue weighted by atomic mass is 9.87. The summed E-state index contributed by atoms with van der Waals surface area (Å²) in [6, 6.07) is 7.25. The first-order valence-electron chi connectivity index (χ1n) is 6.84. The molecule has 0 fully saturated rings. The first-order chi connectivity index (χ1) is 8.10. The van der Waals surface area contributed by atoms with E-state index in [-0.39, 0.29) is 0 Å². The Morgan fingerprint density at radius 3 is 2.53 bits per heavy atom. The Hall–Kier alpha value is -0.820. The highest BCUT2D eigenvalue weighted by Gasteiger charge is 2.18. The van der Waals surface area contributed by atoms with Crippen LogP contribution in [0.4, 0.5) is 0 Å². The molecule has 1 heteroatoms. The second-order valence-electron chi connectivity index (χ2n) is 5.25. The summed E-state index contributed by atoms with van der Waals surface area (Å²) in [6.45, 7) is 9.01. The fourth-order valence-electron chi connectivity index (χ4n) is 2.53. The summed E-state index contributed by atoms with van der Waals surface area (Å²) in [5.74, 6) is 0.695. The number of aryl methyl sites for hydroxylation is 2.